The molecule has 0 aliphatic heterocycles. The van der Waals surface area contributed by atoms with Gasteiger partial charge in [-0.3, -0.25) is 0 Å². The average Bonchev–Trinajstić information content (AvgIpc) is 2.68. The lowest BCUT2D eigenvalue weighted by Crippen LogP contribution is -3.00. The summed E-state index contributed by atoms with van der Waals surface area (Å²) in [6, 6.07) is 27.0. The van der Waals surface area contributed by atoms with Gasteiger partial charge in [0.2, 0.25) is 0 Å². The highest BCUT2D eigenvalue weighted by molar-refractivity contribution is 7.97. The van der Waals surface area contributed by atoms with Gasteiger partial charge in [-0.15, -0.1) is 0 Å². The van der Waals surface area contributed by atoms with Gasteiger partial charge in [0, 0.05) is 0 Å². The molecule has 0 saturated heterocycles. The molecule has 0 saturated carbocycles. The summed E-state index contributed by atoms with van der Waals surface area (Å²) in [5.41, 5.74) is 2.83. The molecular weight excluding hydrogens is 444 g/mol. The standard InChI is InChI=1S/C30H39OS.ClH/c1-28(2,3)22-10-16-25(17-11-22)32(26-18-12-23(13-19-26)29(4,5)6)27-20-14-24(15-21-27)31-30(7,8)9;/h10-21H,1-9H3;1H/q+1;/p-1. The molecule has 0 heterocycles. The maximum Gasteiger partial charge on any atom is 0.166 e. The van der Waals surface area contributed by atoms with Gasteiger partial charge in [0.1, 0.15) is 11.4 Å². The van der Waals surface area contributed by atoms with Gasteiger partial charge in [-0.1, -0.05) is 65.8 Å². The molecule has 0 radical (unpaired) electrons. The van der Waals surface area contributed by atoms with Gasteiger partial charge >= 0.3 is 0 Å². The van der Waals surface area contributed by atoms with E-state index in [0.717, 1.165) is 5.75 Å². The van der Waals surface area contributed by atoms with E-state index in [1.54, 1.807) is 0 Å². The van der Waals surface area contributed by atoms with E-state index in [1.165, 1.54) is 25.8 Å². The minimum atomic E-state index is -0.200. The van der Waals surface area contributed by atoms with Crippen LogP contribution in [0, 0.1) is 0 Å². The van der Waals surface area contributed by atoms with Gasteiger partial charge in [-0.05, 0) is 91.3 Å². The average molecular weight is 483 g/mol. The highest BCUT2D eigenvalue weighted by Gasteiger charge is 2.30. The van der Waals surface area contributed by atoms with Crippen molar-refractivity contribution in [3.05, 3.63) is 83.9 Å². The summed E-state index contributed by atoms with van der Waals surface area (Å²) in [4.78, 5) is 3.98. The summed E-state index contributed by atoms with van der Waals surface area (Å²) in [6.07, 6.45) is 0. The molecule has 0 aliphatic rings. The van der Waals surface area contributed by atoms with Gasteiger partial charge in [0.05, 0.1) is 10.9 Å². The van der Waals surface area contributed by atoms with Crippen molar-refractivity contribution in [3.63, 3.8) is 0 Å². The summed E-state index contributed by atoms with van der Waals surface area (Å²) in [5, 5.41) is 0. The summed E-state index contributed by atoms with van der Waals surface area (Å²) in [6.45, 7) is 19.8. The van der Waals surface area contributed by atoms with E-state index < -0.39 is 0 Å². The fraction of sp³-hybridized carbons (Fsp3) is 0.400. The van der Waals surface area contributed by atoms with E-state index in [1.807, 2.05) is 0 Å². The Bertz CT molecular complexity index is 958. The second-order valence-corrected chi connectivity index (χ2v) is 13.6. The van der Waals surface area contributed by atoms with Crippen LogP contribution < -0.4 is 17.1 Å². The molecular formula is C30H39ClOS. The lowest BCUT2D eigenvalue weighted by Gasteiger charge is -2.21. The van der Waals surface area contributed by atoms with E-state index in [-0.39, 0.29) is 39.7 Å². The first kappa shape index (κ1) is 27.3. The maximum absolute atomic E-state index is 6.06. The van der Waals surface area contributed by atoms with Crippen LogP contribution in [0.4, 0.5) is 0 Å². The maximum atomic E-state index is 6.06. The Hall–Kier alpha value is -1.90. The molecule has 3 heteroatoms. The third-order valence-corrected chi connectivity index (χ3v) is 7.63. The van der Waals surface area contributed by atoms with Crippen LogP contribution in [0.15, 0.2) is 87.5 Å². The van der Waals surface area contributed by atoms with Crippen LogP contribution in [0.1, 0.15) is 73.4 Å². The molecule has 0 amide bonds. The Kier molecular flexibility index (Phi) is 8.41. The summed E-state index contributed by atoms with van der Waals surface area (Å²) in [5.74, 6) is 0.913. The lowest BCUT2D eigenvalue weighted by molar-refractivity contribution is -0.0000113. The van der Waals surface area contributed by atoms with Crippen LogP contribution in [0.2, 0.25) is 0 Å². The number of hydrogen-bond donors (Lipinski definition) is 0. The van der Waals surface area contributed by atoms with Crippen molar-refractivity contribution in [3.8, 4) is 5.75 Å². The Balaban J connectivity index is 0.00000385. The lowest BCUT2D eigenvalue weighted by atomic mass is 9.87. The molecule has 3 aromatic carbocycles. The Morgan fingerprint density at radius 3 is 1.06 bits per heavy atom. The van der Waals surface area contributed by atoms with Crippen LogP contribution in [0.3, 0.4) is 0 Å². The molecule has 33 heavy (non-hydrogen) atoms. The molecule has 3 rings (SSSR count). The van der Waals surface area contributed by atoms with Crippen LogP contribution in [-0.4, -0.2) is 5.60 Å². The molecule has 0 N–H and O–H groups in total. The second-order valence-electron chi connectivity index (χ2n) is 11.5. The predicted octanol–water partition coefficient (Wildman–Crippen LogP) is 5.56. The van der Waals surface area contributed by atoms with E-state index in [0.29, 0.717) is 0 Å². The second kappa shape index (κ2) is 10.2. The van der Waals surface area contributed by atoms with E-state index in [9.17, 15) is 0 Å². The van der Waals surface area contributed by atoms with Crippen molar-refractivity contribution >= 4 is 10.9 Å². The van der Waals surface area contributed by atoms with Crippen LogP contribution in [0.25, 0.3) is 0 Å². The van der Waals surface area contributed by atoms with Gasteiger partial charge in [-0.2, -0.15) is 0 Å². The summed E-state index contributed by atoms with van der Waals surface area (Å²) >= 11 is 0. The Morgan fingerprint density at radius 1 is 0.485 bits per heavy atom. The minimum Gasteiger partial charge on any atom is -1.00 e. The van der Waals surface area contributed by atoms with Crippen molar-refractivity contribution in [1.82, 2.24) is 0 Å². The van der Waals surface area contributed by atoms with Gasteiger partial charge in [0.15, 0.2) is 14.7 Å². The fourth-order valence-corrected chi connectivity index (χ4v) is 5.63. The molecule has 0 unspecified atom stereocenters. The van der Waals surface area contributed by atoms with Crippen molar-refractivity contribution in [2.75, 3.05) is 0 Å². The highest BCUT2D eigenvalue weighted by Crippen LogP contribution is 2.35. The van der Waals surface area contributed by atoms with Crippen molar-refractivity contribution in [2.45, 2.75) is 93.4 Å². The number of benzene rings is 3. The molecule has 0 aromatic heterocycles. The summed E-state index contributed by atoms with van der Waals surface area (Å²) < 4.78 is 6.06. The Morgan fingerprint density at radius 2 is 0.788 bits per heavy atom. The number of ether oxygens (including phenoxy) is 1. The zero-order valence-electron chi connectivity index (χ0n) is 21.6. The number of halogens is 1. The first-order valence-corrected chi connectivity index (χ1v) is 12.7. The first-order valence-electron chi connectivity index (χ1n) is 11.5. The first-order chi connectivity index (χ1) is 14.7. The molecule has 0 atom stereocenters. The number of hydrogen-bond acceptors (Lipinski definition) is 1. The van der Waals surface area contributed by atoms with E-state index >= 15 is 0 Å². The van der Waals surface area contributed by atoms with Gasteiger partial charge in [-0.25, -0.2) is 0 Å². The third kappa shape index (κ3) is 7.29. The third-order valence-electron chi connectivity index (χ3n) is 5.40. The molecule has 1 nitrogen and oxygen atoms in total. The fourth-order valence-electron chi connectivity index (χ4n) is 3.59. The zero-order chi connectivity index (χ0) is 23.7. The van der Waals surface area contributed by atoms with Crippen LogP contribution >= 0.6 is 0 Å². The van der Waals surface area contributed by atoms with E-state index in [4.69, 9.17) is 4.74 Å². The van der Waals surface area contributed by atoms with Crippen molar-refractivity contribution < 1.29 is 17.1 Å². The molecule has 0 fully saturated rings. The smallest absolute Gasteiger partial charge is 0.166 e. The highest BCUT2D eigenvalue weighted by atomic mass is 35.5. The molecule has 0 bridgehead atoms. The van der Waals surface area contributed by atoms with E-state index in [2.05, 4.69) is 135 Å². The van der Waals surface area contributed by atoms with Crippen LogP contribution in [0.5, 0.6) is 5.75 Å². The summed E-state index contributed by atoms with van der Waals surface area (Å²) in [7, 11) is -0.172. The number of rotatable bonds is 4. The predicted molar refractivity (Wildman–Crippen MR) is 139 cm³/mol. The topological polar surface area (TPSA) is 9.23 Å². The van der Waals surface area contributed by atoms with Crippen molar-refractivity contribution in [1.29, 1.82) is 0 Å². The zero-order valence-corrected chi connectivity index (χ0v) is 23.2. The SMILES string of the molecule is CC(C)(C)Oc1ccc([S+](c2ccc(C(C)(C)C)cc2)c2ccc(C(C)(C)C)cc2)cc1.[Cl-]. The van der Waals surface area contributed by atoms with Gasteiger partial charge < -0.3 is 17.1 Å². The monoisotopic (exact) mass is 482 g/mol. The Labute approximate surface area is 210 Å². The van der Waals surface area contributed by atoms with Crippen LogP contribution in [-0.2, 0) is 21.7 Å². The molecule has 3 aromatic rings. The molecule has 178 valence electrons. The molecule has 0 spiro atoms. The van der Waals surface area contributed by atoms with Gasteiger partial charge in [0.25, 0.3) is 0 Å². The largest absolute Gasteiger partial charge is 1.00 e. The normalized spacial score (nSPS) is 12.4. The molecule has 0 aliphatic carbocycles. The van der Waals surface area contributed by atoms with Crippen molar-refractivity contribution in [2.24, 2.45) is 0 Å². The quantitative estimate of drug-likeness (QED) is 0.442. The minimum absolute atomic E-state index is 0.